The van der Waals surface area contributed by atoms with Crippen molar-refractivity contribution >= 4 is 0 Å². The molecule has 5 rings (SSSR count). The Morgan fingerprint density at radius 2 is 1.48 bits per heavy atom. The molecule has 0 unspecified atom stereocenters. The number of hydrogen-bond acceptors (Lipinski definition) is 5. The van der Waals surface area contributed by atoms with Gasteiger partial charge in [0.15, 0.2) is 5.82 Å². The van der Waals surface area contributed by atoms with Crippen LogP contribution in [0, 0.1) is 0 Å². The van der Waals surface area contributed by atoms with Crippen molar-refractivity contribution in [2.75, 3.05) is 19.6 Å². The maximum absolute atomic E-state index is 4.62. The van der Waals surface area contributed by atoms with Gasteiger partial charge < -0.3 is 4.90 Å². The predicted molar refractivity (Wildman–Crippen MR) is 121 cm³/mol. The van der Waals surface area contributed by atoms with Crippen molar-refractivity contribution in [2.24, 2.45) is 7.05 Å². The quantitative estimate of drug-likeness (QED) is 0.480. The van der Waals surface area contributed by atoms with E-state index in [1.807, 2.05) is 54.8 Å². The summed E-state index contributed by atoms with van der Waals surface area (Å²) in [5, 5.41) is 8.79. The van der Waals surface area contributed by atoms with Gasteiger partial charge in [0.25, 0.3) is 0 Å². The van der Waals surface area contributed by atoms with Gasteiger partial charge in [0, 0.05) is 60.6 Å². The lowest BCUT2D eigenvalue weighted by Gasteiger charge is -2.26. The topological polar surface area (TPSA) is 64.7 Å². The highest BCUT2D eigenvalue weighted by molar-refractivity contribution is 5.70. The minimum absolute atomic E-state index is 0.715. The van der Waals surface area contributed by atoms with Crippen molar-refractivity contribution in [1.82, 2.24) is 34.4 Å². The number of piperidine rings is 1. The third-order valence-corrected chi connectivity index (χ3v) is 5.87. The third kappa shape index (κ3) is 4.56. The summed E-state index contributed by atoms with van der Waals surface area (Å²) in [6, 6.07) is 8.24. The van der Waals surface area contributed by atoms with E-state index in [1.165, 1.54) is 32.4 Å². The van der Waals surface area contributed by atoms with Crippen LogP contribution in [0.1, 0.15) is 19.3 Å². The van der Waals surface area contributed by atoms with E-state index in [4.69, 9.17) is 0 Å². The van der Waals surface area contributed by atoms with Crippen molar-refractivity contribution in [3.05, 3.63) is 61.4 Å². The number of nitrogens with zero attached hydrogens (tertiary/aromatic N) is 7. The SMILES string of the molecule is Cn1cc(-c2cccc(-c3ncc(-c4cnn(CCN5CCCCC5)c4)cn3)c2)cn1. The summed E-state index contributed by atoms with van der Waals surface area (Å²) in [5.74, 6) is 0.715. The van der Waals surface area contributed by atoms with Gasteiger partial charge in [-0.1, -0.05) is 24.6 Å². The summed E-state index contributed by atoms with van der Waals surface area (Å²) in [4.78, 5) is 11.8. The van der Waals surface area contributed by atoms with Gasteiger partial charge in [-0.05, 0) is 37.6 Å². The van der Waals surface area contributed by atoms with Crippen molar-refractivity contribution in [1.29, 1.82) is 0 Å². The summed E-state index contributed by atoms with van der Waals surface area (Å²) >= 11 is 0. The van der Waals surface area contributed by atoms with Crippen LogP contribution in [-0.4, -0.2) is 54.1 Å². The van der Waals surface area contributed by atoms with Gasteiger partial charge in [-0.15, -0.1) is 0 Å². The van der Waals surface area contributed by atoms with E-state index in [2.05, 4.69) is 43.4 Å². The number of aromatic nitrogens is 6. The second kappa shape index (κ2) is 8.81. The first-order valence-corrected chi connectivity index (χ1v) is 10.9. The van der Waals surface area contributed by atoms with Crippen molar-refractivity contribution < 1.29 is 0 Å². The molecule has 7 nitrogen and oxygen atoms in total. The second-order valence-electron chi connectivity index (χ2n) is 8.17. The molecule has 1 aliphatic rings. The standard InChI is InChI=1S/C24H27N7/c1-29-17-22(15-27-29)19-6-5-7-20(12-19)24-25-13-21(14-26-24)23-16-28-31(18-23)11-10-30-8-3-2-4-9-30/h5-7,12-18H,2-4,8-11H2,1H3. The van der Waals surface area contributed by atoms with Crippen LogP contribution in [0.3, 0.4) is 0 Å². The Balaban J connectivity index is 1.28. The minimum Gasteiger partial charge on any atom is -0.301 e. The number of hydrogen-bond donors (Lipinski definition) is 0. The number of aryl methyl sites for hydroxylation is 1. The fourth-order valence-electron chi connectivity index (χ4n) is 4.10. The minimum atomic E-state index is 0.715. The van der Waals surface area contributed by atoms with Gasteiger partial charge in [-0.2, -0.15) is 10.2 Å². The first kappa shape index (κ1) is 19.6. The van der Waals surface area contributed by atoms with Crippen LogP contribution in [0.2, 0.25) is 0 Å². The molecule has 3 aromatic heterocycles. The molecule has 1 fully saturated rings. The average molecular weight is 414 g/mol. The molecule has 1 aliphatic heterocycles. The lowest BCUT2D eigenvalue weighted by Crippen LogP contribution is -2.32. The molecule has 1 saturated heterocycles. The summed E-state index contributed by atoms with van der Waals surface area (Å²) < 4.78 is 3.83. The van der Waals surface area contributed by atoms with Crippen LogP contribution >= 0.6 is 0 Å². The molecule has 4 aromatic rings. The van der Waals surface area contributed by atoms with Crippen LogP contribution in [0.25, 0.3) is 33.6 Å². The molecule has 0 aliphatic carbocycles. The van der Waals surface area contributed by atoms with E-state index in [0.29, 0.717) is 5.82 Å². The van der Waals surface area contributed by atoms with Crippen LogP contribution in [0.4, 0.5) is 0 Å². The van der Waals surface area contributed by atoms with Crippen molar-refractivity contribution in [3.8, 4) is 33.6 Å². The van der Waals surface area contributed by atoms with E-state index in [0.717, 1.165) is 40.9 Å². The number of benzene rings is 1. The molecular formula is C24H27N7. The van der Waals surface area contributed by atoms with Gasteiger partial charge >= 0.3 is 0 Å². The van der Waals surface area contributed by atoms with Crippen LogP contribution in [-0.2, 0) is 13.6 Å². The molecule has 31 heavy (non-hydrogen) atoms. The zero-order valence-corrected chi connectivity index (χ0v) is 17.9. The Bertz CT molecular complexity index is 1140. The predicted octanol–water partition coefficient (Wildman–Crippen LogP) is 3.89. The molecular weight excluding hydrogens is 386 g/mol. The smallest absolute Gasteiger partial charge is 0.159 e. The van der Waals surface area contributed by atoms with Crippen LogP contribution < -0.4 is 0 Å². The number of rotatable bonds is 6. The first-order valence-electron chi connectivity index (χ1n) is 10.9. The highest BCUT2D eigenvalue weighted by Crippen LogP contribution is 2.25. The van der Waals surface area contributed by atoms with E-state index < -0.39 is 0 Å². The summed E-state index contributed by atoms with van der Waals surface area (Å²) in [6.45, 7) is 4.40. The van der Waals surface area contributed by atoms with Crippen molar-refractivity contribution in [3.63, 3.8) is 0 Å². The van der Waals surface area contributed by atoms with Crippen LogP contribution in [0.5, 0.6) is 0 Å². The van der Waals surface area contributed by atoms with Gasteiger partial charge in [0.2, 0.25) is 0 Å². The lowest BCUT2D eigenvalue weighted by molar-refractivity contribution is 0.218. The van der Waals surface area contributed by atoms with Gasteiger partial charge in [0.1, 0.15) is 0 Å². The Morgan fingerprint density at radius 3 is 2.26 bits per heavy atom. The molecule has 0 bridgehead atoms. The van der Waals surface area contributed by atoms with E-state index in [-0.39, 0.29) is 0 Å². The Hall–Kier alpha value is -3.32. The zero-order chi connectivity index (χ0) is 21.0. The molecule has 0 amide bonds. The average Bonchev–Trinajstić information content (AvgIpc) is 3.48. The molecule has 0 spiro atoms. The summed E-state index contributed by atoms with van der Waals surface area (Å²) in [5.41, 5.74) is 5.21. The second-order valence-corrected chi connectivity index (χ2v) is 8.17. The lowest BCUT2D eigenvalue weighted by atomic mass is 10.1. The van der Waals surface area contributed by atoms with Gasteiger partial charge in [-0.25, -0.2) is 9.97 Å². The number of likely N-dealkylation sites (tertiary alicyclic amines) is 1. The molecule has 0 radical (unpaired) electrons. The Morgan fingerprint density at radius 1 is 0.742 bits per heavy atom. The maximum Gasteiger partial charge on any atom is 0.159 e. The fourth-order valence-corrected chi connectivity index (χ4v) is 4.10. The molecule has 4 heterocycles. The molecule has 0 atom stereocenters. The normalized spacial score (nSPS) is 14.7. The summed E-state index contributed by atoms with van der Waals surface area (Å²) in [6.07, 6.45) is 15.6. The van der Waals surface area contributed by atoms with Crippen molar-refractivity contribution in [2.45, 2.75) is 25.8 Å². The maximum atomic E-state index is 4.62. The van der Waals surface area contributed by atoms with E-state index >= 15 is 0 Å². The zero-order valence-electron chi connectivity index (χ0n) is 17.9. The molecule has 0 saturated carbocycles. The molecule has 7 heteroatoms. The van der Waals surface area contributed by atoms with Crippen LogP contribution in [0.15, 0.2) is 61.4 Å². The third-order valence-electron chi connectivity index (χ3n) is 5.87. The van der Waals surface area contributed by atoms with E-state index in [9.17, 15) is 0 Å². The first-order chi connectivity index (χ1) is 15.2. The molecule has 0 N–H and O–H groups in total. The fraction of sp³-hybridized carbons (Fsp3) is 0.333. The van der Waals surface area contributed by atoms with Gasteiger partial charge in [0.05, 0.1) is 18.9 Å². The van der Waals surface area contributed by atoms with E-state index in [1.54, 1.807) is 4.68 Å². The largest absolute Gasteiger partial charge is 0.301 e. The molecule has 158 valence electrons. The monoisotopic (exact) mass is 413 g/mol. The molecule has 1 aromatic carbocycles. The highest BCUT2D eigenvalue weighted by atomic mass is 15.3. The van der Waals surface area contributed by atoms with Gasteiger partial charge in [-0.3, -0.25) is 9.36 Å². The summed E-state index contributed by atoms with van der Waals surface area (Å²) in [7, 11) is 1.92. The highest BCUT2D eigenvalue weighted by Gasteiger charge is 2.11. The Kier molecular flexibility index (Phi) is 5.58. The Labute approximate surface area is 182 Å².